The molecule has 1 aromatic heterocycles. The van der Waals surface area contributed by atoms with E-state index in [1.165, 1.54) is 22.0 Å². The van der Waals surface area contributed by atoms with E-state index in [0.717, 1.165) is 17.6 Å². The van der Waals surface area contributed by atoms with Gasteiger partial charge >= 0.3 is 0 Å². The average molecular weight is 232 g/mol. The fourth-order valence-corrected chi connectivity index (χ4v) is 2.55. The molecule has 1 aliphatic rings. The molecule has 86 valence electrons. The van der Waals surface area contributed by atoms with Gasteiger partial charge in [0.15, 0.2) is 0 Å². The van der Waals surface area contributed by atoms with Gasteiger partial charge in [0.05, 0.1) is 16.7 Å². The SMILES string of the molecule is C1=Cc2ccc3nc4ccccc4cc3c2NC1. The standard InChI is InChI=1S/C16H12N2/c1-2-6-14-12(4-1)10-13-15(18-14)8-7-11-5-3-9-17-16(11)13/h1-8,10,17H,9H2. The second-order valence-corrected chi connectivity index (χ2v) is 4.56. The lowest BCUT2D eigenvalue weighted by Crippen LogP contribution is -2.05. The lowest BCUT2D eigenvalue weighted by atomic mass is 10.0. The number of aromatic nitrogens is 1. The first-order valence-corrected chi connectivity index (χ1v) is 6.15. The largest absolute Gasteiger partial charge is 0.381 e. The summed E-state index contributed by atoms with van der Waals surface area (Å²) in [6.45, 7) is 0.888. The molecule has 0 radical (unpaired) electrons. The Morgan fingerprint density at radius 1 is 1.00 bits per heavy atom. The molecule has 0 saturated carbocycles. The van der Waals surface area contributed by atoms with Crippen LogP contribution in [0.1, 0.15) is 5.56 Å². The highest BCUT2D eigenvalue weighted by molar-refractivity contribution is 6.02. The van der Waals surface area contributed by atoms with Gasteiger partial charge in [0.2, 0.25) is 0 Å². The highest BCUT2D eigenvalue weighted by atomic mass is 14.9. The van der Waals surface area contributed by atoms with E-state index in [-0.39, 0.29) is 0 Å². The summed E-state index contributed by atoms with van der Waals surface area (Å²) in [5, 5.41) is 5.84. The van der Waals surface area contributed by atoms with Crippen molar-refractivity contribution >= 4 is 33.6 Å². The van der Waals surface area contributed by atoms with Gasteiger partial charge in [-0.3, -0.25) is 0 Å². The summed E-state index contributed by atoms with van der Waals surface area (Å²) in [6, 6.07) is 14.7. The van der Waals surface area contributed by atoms with Gasteiger partial charge < -0.3 is 5.32 Å². The van der Waals surface area contributed by atoms with E-state index >= 15 is 0 Å². The summed E-state index contributed by atoms with van der Waals surface area (Å²) in [5.74, 6) is 0. The molecular weight excluding hydrogens is 220 g/mol. The average Bonchev–Trinajstić information content (AvgIpc) is 2.45. The molecule has 0 atom stereocenters. The van der Waals surface area contributed by atoms with Gasteiger partial charge in [0, 0.05) is 17.3 Å². The second-order valence-electron chi connectivity index (χ2n) is 4.56. The zero-order valence-electron chi connectivity index (χ0n) is 9.85. The van der Waals surface area contributed by atoms with Crippen molar-refractivity contribution in [1.29, 1.82) is 0 Å². The minimum atomic E-state index is 0.888. The zero-order chi connectivity index (χ0) is 11.9. The number of fused-ring (bicyclic) bond motifs is 4. The molecule has 2 heterocycles. The summed E-state index contributed by atoms with van der Waals surface area (Å²) in [4.78, 5) is 4.72. The number of anilines is 1. The Kier molecular flexibility index (Phi) is 1.92. The number of para-hydroxylation sites is 1. The van der Waals surface area contributed by atoms with Gasteiger partial charge in [-0.2, -0.15) is 0 Å². The highest BCUT2D eigenvalue weighted by Gasteiger charge is 2.09. The molecule has 0 bridgehead atoms. The van der Waals surface area contributed by atoms with Crippen molar-refractivity contribution in [3.8, 4) is 0 Å². The third-order valence-electron chi connectivity index (χ3n) is 3.43. The van der Waals surface area contributed by atoms with Gasteiger partial charge in [-0.15, -0.1) is 0 Å². The summed E-state index contributed by atoms with van der Waals surface area (Å²) >= 11 is 0. The van der Waals surface area contributed by atoms with Crippen LogP contribution in [0.15, 0.2) is 48.5 Å². The minimum Gasteiger partial charge on any atom is -0.381 e. The Labute approximate surface area is 105 Å². The van der Waals surface area contributed by atoms with Crippen LogP contribution in [0.3, 0.4) is 0 Å². The van der Waals surface area contributed by atoms with Gasteiger partial charge in [-0.1, -0.05) is 36.4 Å². The Hall–Kier alpha value is -2.35. The smallest absolute Gasteiger partial charge is 0.0730 e. The molecule has 0 aliphatic carbocycles. The fraction of sp³-hybridized carbons (Fsp3) is 0.0625. The van der Waals surface area contributed by atoms with Gasteiger partial charge in [-0.05, 0) is 23.8 Å². The van der Waals surface area contributed by atoms with E-state index in [0.29, 0.717) is 0 Å². The third-order valence-corrected chi connectivity index (χ3v) is 3.43. The van der Waals surface area contributed by atoms with E-state index < -0.39 is 0 Å². The Morgan fingerprint density at radius 2 is 1.94 bits per heavy atom. The number of benzene rings is 2. The van der Waals surface area contributed by atoms with E-state index in [2.05, 4.69) is 53.9 Å². The molecule has 0 unspecified atom stereocenters. The monoisotopic (exact) mass is 232 g/mol. The molecular formula is C16H12N2. The maximum Gasteiger partial charge on any atom is 0.0730 e. The van der Waals surface area contributed by atoms with Crippen LogP contribution in [0.2, 0.25) is 0 Å². The first-order chi connectivity index (χ1) is 8.92. The summed E-state index contributed by atoms with van der Waals surface area (Å²) in [6.07, 6.45) is 4.31. The van der Waals surface area contributed by atoms with Crippen molar-refractivity contribution in [2.45, 2.75) is 0 Å². The van der Waals surface area contributed by atoms with E-state index in [1.54, 1.807) is 0 Å². The lowest BCUT2D eigenvalue weighted by molar-refractivity contribution is 1.32. The van der Waals surface area contributed by atoms with Gasteiger partial charge in [-0.25, -0.2) is 4.98 Å². The van der Waals surface area contributed by atoms with Crippen LogP contribution in [-0.2, 0) is 0 Å². The molecule has 2 heteroatoms. The Bertz CT molecular complexity index is 788. The number of nitrogens with zero attached hydrogens (tertiary/aromatic N) is 1. The molecule has 2 aromatic carbocycles. The molecule has 3 aromatic rings. The van der Waals surface area contributed by atoms with Crippen molar-refractivity contribution in [3.05, 3.63) is 54.1 Å². The molecule has 1 aliphatic heterocycles. The third kappa shape index (κ3) is 1.32. The van der Waals surface area contributed by atoms with Crippen molar-refractivity contribution in [2.75, 3.05) is 11.9 Å². The van der Waals surface area contributed by atoms with Gasteiger partial charge in [0.25, 0.3) is 0 Å². The number of nitrogens with one attached hydrogen (secondary N) is 1. The van der Waals surface area contributed by atoms with Crippen LogP contribution in [-0.4, -0.2) is 11.5 Å². The summed E-state index contributed by atoms with van der Waals surface area (Å²) in [7, 11) is 0. The molecule has 0 amide bonds. The number of hydrogen-bond acceptors (Lipinski definition) is 2. The molecule has 18 heavy (non-hydrogen) atoms. The predicted octanol–water partition coefficient (Wildman–Crippen LogP) is 3.83. The van der Waals surface area contributed by atoms with Crippen LogP contribution < -0.4 is 5.32 Å². The van der Waals surface area contributed by atoms with Crippen LogP contribution in [0, 0.1) is 0 Å². The van der Waals surface area contributed by atoms with Crippen molar-refractivity contribution in [2.24, 2.45) is 0 Å². The number of hydrogen-bond donors (Lipinski definition) is 1. The number of pyridine rings is 1. The van der Waals surface area contributed by atoms with Crippen LogP contribution in [0.25, 0.3) is 27.9 Å². The van der Waals surface area contributed by atoms with E-state index in [4.69, 9.17) is 4.98 Å². The first-order valence-electron chi connectivity index (χ1n) is 6.15. The fourth-order valence-electron chi connectivity index (χ4n) is 2.55. The minimum absolute atomic E-state index is 0.888. The van der Waals surface area contributed by atoms with Crippen LogP contribution >= 0.6 is 0 Å². The topological polar surface area (TPSA) is 24.9 Å². The zero-order valence-corrected chi connectivity index (χ0v) is 9.85. The summed E-state index contributed by atoms with van der Waals surface area (Å²) < 4.78 is 0. The summed E-state index contributed by atoms with van der Waals surface area (Å²) in [5.41, 5.74) is 4.55. The van der Waals surface area contributed by atoms with E-state index in [9.17, 15) is 0 Å². The predicted molar refractivity (Wildman–Crippen MR) is 76.8 cm³/mol. The van der Waals surface area contributed by atoms with Crippen LogP contribution in [0.5, 0.6) is 0 Å². The van der Waals surface area contributed by atoms with Gasteiger partial charge in [0.1, 0.15) is 0 Å². The highest BCUT2D eigenvalue weighted by Crippen LogP contribution is 2.31. The maximum atomic E-state index is 4.72. The molecule has 0 fully saturated rings. The second kappa shape index (κ2) is 3.57. The Morgan fingerprint density at radius 3 is 2.94 bits per heavy atom. The molecule has 0 saturated heterocycles. The molecule has 0 spiro atoms. The van der Waals surface area contributed by atoms with Crippen molar-refractivity contribution < 1.29 is 0 Å². The van der Waals surface area contributed by atoms with Crippen LogP contribution in [0.4, 0.5) is 5.69 Å². The molecule has 1 N–H and O–H groups in total. The molecule has 4 rings (SSSR count). The Balaban J connectivity index is 2.15. The maximum absolute atomic E-state index is 4.72. The van der Waals surface area contributed by atoms with Crippen molar-refractivity contribution in [1.82, 2.24) is 4.98 Å². The number of rotatable bonds is 0. The van der Waals surface area contributed by atoms with E-state index in [1.807, 2.05) is 6.07 Å². The van der Waals surface area contributed by atoms with Crippen molar-refractivity contribution in [3.63, 3.8) is 0 Å². The lowest BCUT2D eigenvalue weighted by Gasteiger charge is -2.15. The first kappa shape index (κ1) is 9.66. The quantitative estimate of drug-likeness (QED) is 0.596. The normalized spacial score (nSPS) is 13.6. The molecule has 2 nitrogen and oxygen atoms in total.